The van der Waals surface area contributed by atoms with Gasteiger partial charge in [0.05, 0.1) is 6.10 Å². The first-order valence-corrected chi connectivity index (χ1v) is 9.34. The van der Waals surface area contributed by atoms with Gasteiger partial charge >= 0.3 is 0 Å². The minimum Gasteiger partial charge on any atom is -0.490 e. The van der Waals surface area contributed by atoms with E-state index in [9.17, 15) is 0 Å². The van der Waals surface area contributed by atoms with Gasteiger partial charge in [-0.1, -0.05) is 31.4 Å². The first-order valence-electron chi connectivity index (χ1n) is 9.34. The van der Waals surface area contributed by atoms with E-state index < -0.39 is 0 Å². The van der Waals surface area contributed by atoms with Crippen LogP contribution in [0.3, 0.4) is 0 Å². The predicted molar refractivity (Wildman–Crippen MR) is 104 cm³/mol. The van der Waals surface area contributed by atoms with E-state index in [2.05, 4.69) is 62.3 Å². The fourth-order valence-electron chi connectivity index (χ4n) is 3.88. The molecule has 1 aliphatic heterocycles. The van der Waals surface area contributed by atoms with Crippen LogP contribution in [-0.4, -0.2) is 42.5 Å². The third kappa shape index (κ3) is 4.02. The highest BCUT2D eigenvalue weighted by molar-refractivity contribution is 5.33. The lowest BCUT2D eigenvalue weighted by Crippen LogP contribution is -2.55. The summed E-state index contributed by atoms with van der Waals surface area (Å²) in [5.74, 6) is 1.83. The molecule has 0 bridgehead atoms. The fraction of sp³-hybridized carbons (Fsp3) is 0.455. The lowest BCUT2D eigenvalue weighted by Gasteiger charge is -2.48. The zero-order valence-corrected chi connectivity index (χ0v) is 15.8. The lowest BCUT2D eigenvalue weighted by atomic mass is 9.90. The van der Waals surface area contributed by atoms with Crippen LogP contribution in [-0.2, 0) is 14.2 Å². The molecular formula is C22H29NO3. The van der Waals surface area contributed by atoms with Gasteiger partial charge in [0.15, 0.2) is 0 Å². The Morgan fingerprint density at radius 3 is 2.46 bits per heavy atom. The SMILES string of the molecule is C=CCOC1=CCC2OC(C)N(C3C=CC(OCC=C)=CC3)C(C)C2=C1. The van der Waals surface area contributed by atoms with E-state index in [0.29, 0.717) is 25.3 Å². The minimum atomic E-state index is 0.0647. The zero-order valence-electron chi connectivity index (χ0n) is 15.8. The van der Waals surface area contributed by atoms with Gasteiger partial charge in [0, 0.05) is 12.1 Å². The molecule has 4 atom stereocenters. The molecule has 4 heteroatoms. The number of hydrogen-bond donors (Lipinski definition) is 0. The molecule has 0 amide bonds. The van der Waals surface area contributed by atoms with Crippen molar-refractivity contribution in [3.05, 3.63) is 72.8 Å². The molecule has 2 aliphatic carbocycles. The second-order valence-electron chi connectivity index (χ2n) is 6.80. The Balaban J connectivity index is 1.71. The van der Waals surface area contributed by atoms with Crippen molar-refractivity contribution in [2.45, 2.75) is 51.1 Å². The fourth-order valence-corrected chi connectivity index (χ4v) is 3.88. The topological polar surface area (TPSA) is 30.9 Å². The molecule has 1 saturated heterocycles. The second-order valence-corrected chi connectivity index (χ2v) is 6.80. The second kappa shape index (κ2) is 8.56. The van der Waals surface area contributed by atoms with Crippen molar-refractivity contribution in [2.75, 3.05) is 13.2 Å². The van der Waals surface area contributed by atoms with Crippen LogP contribution in [0.15, 0.2) is 72.8 Å². The number of fused-ring (bicyclic) bond motifs is 1. The average Bonchev–Trinajstić information content (AvgIpc) is 2.66. The molecule has 0 N–H and O–H groups in total. The molecule has 3 aliphatic rings. The van der Waals surface area contributed by atoms with Crippen LogP contribution in [0.4, 0.5) is 0 Å². The van der Waals surface area contributed by atoms with Crippen LogP contribution in [0.25, 0.3) is 0 Å². The van der Waals surface area contributed by atoms with Crippen LogP contribution in [0, 0.1) is 0 Å². The van der Waals surface area contributed by atoms with Crippen LogP contribution < -0.4 is 0 Å². The van der Waals surface area contributed by atoms with E-state index in [1.807, 2.05) is 0 Å². The van der Waals surface area contributed by atoms with Crippen LogP contribution in [0.2, 0.25) is 0 Å². The predicted octanol–water partition coefficient (Wildman–Crippen LogP) is 4.25. The zero-order chi connectivity index (χ0) is 18.5. The Morgan fingerprint density at radius 2 is 1.81 bits per heavy atom. The van der Waals surface area contributed by atoms with E-state index in [1.165, 1.54) is 5.57 Å². The number of allylic oxidation sites excluding steroid dienone is 2. The molecule has 0 spiro atoms. The lowest BCUT2D eigenvalue weighted by molar-refractivity contribution is -0.130. The highest BCUT2D eigenvalue weighted by Crippen LogP contribution is 2.36. The van der Waals surface area contributed by atoms with Gasteiger partial charge in [0.25, 0.3) is 0 Å². The molecule has 0 saturated carbocycles. The molecule has 1 heterocycles. The van der Waals surface area contributed by atoms with Gasteiger partial charge in [-0.05, 0) is 56.6 Å². The largest absolute Gasteiger partial charge is 0.490 e. The molecule has 26 heavy (non-hydrogen) atoms. The summed E-state index contributed by atoms with van der Waals surface area (Å²) in [6.07, 6.45) is 16.2. The van der Waals surface area contributed by atoms with Crippen molar-refractivity contribution >= 4 is 0 Å². The van der Waals surface area contributed by atoms with Gasteiger partial charge in [0.2, 0.25) is 0 Å². The van der Waals surface area contributed by atoms with Crippen molar-refractivity contribution in [1.29, 1.82) is 0 Å². The maximum absolute atomic E-state index is 6.31. The molecule has 4 nitrogen and oxygen atoms in total. The summed E-state index contributed by atoms with van der Waals surface area (Å²) in [5, 5.41) is 0. The van der Waals surface area contributed by atoms with Crippen molar-refractivity contribution in [3.8, 4) is 0 Å². The Morgan fingerprint density at radius 1 is 1.12 bits per heavy atom. The standard InChI is InChI=1S/C22H29NO3/c1-5-13-24-19-9-7-18(8-10-19)23-16(3)21-15-20(25-14-6-2)11-12-22(21)26-17(23)4/h5-7,9-11,15-18,22H,1-2,8,12-14H2,3-4H3. The Labute approximate surface area is 156 Å². The monoisotopic (exact) mass is 355 g/mol. The van der Waals surface area contributed by atoms with Crippen molar-refractivity contribution in [2.24, 2.45) is 0 Å². The number of hydrogen-bond acceptors (Lipinski definition) is 4. The first kappa shape index (κ1) is 18.7. The van der Waals surface area contributed by atoms with Crippen LogP contribution in [0.1, 0.15) is 26.7 Å². The van der Waals surface area contributed by atoms with Gasteiger partial charge in [-0.3, -0.25) is 4.90 Å². The molecular weight excluding hydrogens is 326 g/mol. The third-order valence-corrected chi connectivity index (χ3v) is 5.09. The summed E-state index contributed by atoms with van der Waals surface area (Å²) >= 11 is 0. The minimum absolute atomic E-state index is 0.0647. The van der Waals surface area contributed by atoms with E-state index in [1.54, 1.807) is 12.2 Å². The maximum Gasteiger partial charge on any atom is 0.116 e. The molecule has 3 rings (SSSR count). The van der Waals surface area contributed by atoms with Crippen LogP contribution >= 0.6 is 0 Å². The molecule has 4 unspecified atom stereocenters. The van der Waals surface area contributed by atoms with Crippen molar-refractivity contribution in [1.82, 2.24) is 4.90 Å². The van der Waals surface area contributed by atoms with E-state index in [0.717, 1.165) is 24.4 Å². The Hall–Kier alpha value is -2.04. The van der Waals surface area contributed by atoms with Gasteiger partial charge in [0.1, 0.15) is 31.0 Å². The number of ether oxygens (including phenoxy) is 3. The molecule has 0 aromatic heterocycles. The molecule has 0 radical (unpaired) electrons. The molecule has 1 fully saturated rings. The Kier molecular flexibility index (Phi) is 6.17. The highest BCUT2D eigenvalue weighted by Gasteiger charge is 2.39. The Bertz CT molecular complexity index is 658. The number of nitrogens with zero attached hydrogens (tertiary/aromatic N) is 1. The van der Waals surface area contributed by atoms with E-state index in [4.69, 9.17) is 14.2 Å². The van der Waals surface area contributed by atoms with Gasteiger partial charge in [-0.25, -0.2) is 0 Å². The molecule has 0 aromatic rings. The molecule has 140 valence electrons. The van der Waals surface area contributed by atoms with Crippen LogP contribution in [0.5, 0.6) is 0 Å². The summed E-state index contributed by atoms with van der Waals surface area (Å²) in [6.45, 7) is 12.9. The summed E-state index contributed by atoms with van der Waals surface area (Å²) < 4.78 is 17.7. The van der Waals surface area contributed by atoms with Gasteiger partial charge in [-0.15, -0.1) is 0 Å². The van der Waals surface area contributed by atoms with Crippen molar-refractivity contribution in [3.63, 3.8) is 0 Å². The smallest absolute Gasteiger partial charge is 0.116 e. The first-order chi connectivity index (χ1) is 12.6. The third-order valence-electron chi connectivity index (χ3n) is 5.09. The van der Waals surface area contributed by atoms with E-state index >= 15 is 0 Å². The normalized spacial score (nSPS) is 31.2. The highest BCUT2D eigenvalue weighted by atomic mass is 16.5. The van der Waals surface area contributed by atoms with Gasteiger partial charge in [-0.2, -0.15) is 0 Å². The van der Waals surface area contributed by atoms with Gasteiger partial charge < -0.3 is 14.2 Å². The summed E-state index contributed by atoms with van der Waals surface area (Å²) in [5.41, 5.74) is 1.29. The maximum atomic E-state index is 6.31. The molecule has 0 aromatic carbocycles. The average molecular weight is 355 g/mol. The quantitative estimate of drug-likeness (QED) is 0.639. The summed E-state index contributed by atoms with van der Waals surface area (Å²) in [6, 6.07) is 0.583. The van der Waals surface area contributed by atoms with Crippen molar-refractivity contribution < 1.29 is 14.2 Å². The summed E-state index contributed by atoms with van der Waals surface area (Å²) in [4.78, 5) is 2.43. The summed E-state index contributed by atoms with van der Waals surface area (Å²) in [7, 11) is 0. The van der Waals surface area contributed by atoms with E-state index in [-0.39, 0.29) is 12.3 Å². The number of rotatable bonds is 7.